The Morgan fingerprint density at radius 1 is 1.48 bits per heavy atom. The molecule has 0 spiro atoms. The molecule has 1 aromatic carbocycles. The Kier molecular flexibility index (Phi) is 4.18. The van der Waals surface area contributed by atoms with Gasteiger partial charge in [0.15, 0.2) is 5.82 Å². The average Bonchev–Trinajstić information content (AvgIpc) is 3.17. The van der Waals surface area contributed by atoms with Crippen molar-refractivity contribution in [1.82, 2.24) is 19.9 Å². The van der Waals surface area contributed by atoms with Crippen molar-refractivity contribution >= 4 is 22.6 Å². The molecule has 1 amide bonds. The fraction of sp³-hybridized carbons (Fsp3) is 0.188. The van der Waals surface area contributed by atoms with Gasteiger partial charge < -0.3 is 14.9 Å². The fourth-order valence-electron chi connectivity index (χ4n) is 2.49. The molecule has 0 fully saturated rings. The maximum atomic E-state index is 12.0. The quantitative estimate of drug-likeness (QED) is 0.418. The van der Waals surface area contributed by atoms with Crippen molar-refractivity contribution in [3.8, 4) is 17.6 Å². The Hall–Kier alpha value is -3.67. The summed E-state index contributed by atoms with van der Waals surface area (Å²) in [5, 5.41) is 22.0. The second-order valence-electron chi connectivity index (χ2n) is 5.43. The number of amides is 1. The van der Waals surface area contributed by atoms with E-state index in [1.807, 2.05) is 6.07 Å². The van der Waals surface area contributed by atoms with Crippen LogP contribution in [0.2, 0.25) is 0 Å². The molecule has 2 N–H and O–H groups in total. The lowest BCUT2D eigenvalue weighted by atomic mass is 10.2. The van der Waals surface area contributed by atoms with Crippen LogP contribution < -0.4 is 5.32 Å². The number of imidazole rings is 1. The zero-order valence-corrected chi connectivity index (χ0v) is 13.3. The molecule has 25 heavy (non-hydrogen) atoms. The SMILES string of the molecule is Cn1cc([N+](=O)[O-])cc1-c1nc2ccc(C(=O)NCCC#N)cc2[nH]1. The highest BCUT2D eigenvalue weighted by Gasteiger charge is 2.16. The lowest BCUT2D eigenvalue weighted by molar-refractivity contribution is -0.384. The van der Waals surface area contributed by atoms with Gasteiger partial charge in [0.2, 0.25) is 0 Å². The van der Waals surface area contributed by atoms with Crippen LogP contribution in [0, 0.1) is 21.4 Å². The van der Waals surface area contributed by atoms with Crippen molar-refractivity contribution < 1.29 is 9.72 Å². The van der Waals surface area contributed by atoms with E-state index in [0.717, 1.165) is 0 Å². The number of aromatic nitrogens is 3. The van der Waals surface area contributed by atoms with Crippen molar-refractivity contribution in [3.05, 3.63) is 46.1 Å². The van der Waals surface area contributed by atoms with Gasteiger partial charge in [0.05, 0.1) is 40.3 Å². The third-order valence-electron chi connectivity index (χ3n) is 3.71. The second kappa shape index (κ2) is 6.45. The molecule has 2 aromatic heterocycles. The van der Waals surface area contributed by atoms with E-state index in [1.54, 1.807) is 29.8 Å². The number of aryl methyl sites for hydroxylation is 1. The maximum Gasteiger partial charge on any atom is 0.287 e. The molecule has 0 radical (unpaired) electrons. The number of nitro groups is 1. The Balaban J connectivity index is 1.92. The molecular formula is C16H14N6O3. The first-order valence-electron chi connectivity index (χ1n) is 7.45. The normalized spacial score (nSPS) is 10.6. The molecule has 0 aliphatic heterocycles. The van der Waals surface area contributed by atoms with Crippen molar-refractivity contribution in [2.45, 2.75) is 6.42 Å². The standard InChI is InChI=1S/C16H14N6O3/c1-21-9-11(22(24)25)8-14(21)15-19-12-4-3-10(7-13(12)20-15)16(23)18-6-2-5-17/h3-4,7-9H,2,6H2,1H3,(H,18,23)(H,19,20). The van der Waals surface area contributed by atoms with Crippen LogP contribution in [-0.4, -0.2) is 31.9 Å². The monoisotopic (exact) mass is 338 g/mol. The summed E-state index contributed by atoms with van der Waals surface area (Å²) in [6.07, 6.45) is 1.66. The minimum absolute atomic E-state index is 0.0180. The van der Waals surface area contributed by atoms with Gasteiger partial charge in [-0.15, -0.1) is 0 Å². The Bertz CT molecular complexity index is 1010. The van der Waals surface area contributed by atoms with E-state index in [0.29, 0.717) is 28.1 Å². The van der Waals surface area contributed by atoms with Gasteiger partial charge in [0.1, 0.15) is 0 Å². The van der Waals surface area contributed by atoms with Crippen LogP contribution in [-0.2, 0) is 7.05 Å². The van der Waals surface area contributed by atoms with Gasteiger partial charge in [-0.2, -0.15) is 5.26 Å². The van der Waals surface area contributed by atoms with Crippen LogP contribution in [0.4, 0.5) is 5.69 Å². The van der Waals surface area contributed by atoms with E-state index in [4.69, 9.17) is 5.26 Å². The van der Waals surface area contributed by atoms with Gasteiger partial charge in [-0.3, -0.25) is 14.9 Å². The van der Waals surface area contributed by atoms with Crippen LogP contribution in [0.1, 0.15) is 16.8 Å². The van der Waals surface area contributed by atoms with E-state index in [1.165, 1.54) is 12.3 Å². The highest BCUT2D eigenvalue weighted by molar-refractivity contribution is 5.97. The topological polar surface area (TPSA) is 130 Å². The van der Waals surface area contributed by atoms with Crippen LogP contribution >= 0.6 is 0 Å². The van der Waals surface area contributed by atoms with Gasteiger partial charge >= 0.3 is 0 Å². The first kappa shape index (κ1) is 16.2. The summed E-state index contributed by atoms with van der Waals surface area (Å²) in [7, 11) is 1.70. The number of rotatable bonds is 5. The Morgan fingerprint density at radius 3 is 2.96 bits per heavy atom. The second-order valence-corrected chi connectivity index (χ2v) is 5.43. The lowest BCUT2D eigenvalue weighted by Gasteiger charge is -2.02. The summed E-state index contributed by atoms with van der Waals surface area (Å²) in [5.41, 5.74) is 2.29. The summed E-state index contributed by atoms with van der Waals surface area (Å²) < 4.78 is 1.62. The lowest BCUT2D eigenvalue weighted by Crippen LogP contribution is -2.24. The molecule has 0 aliphatic rings. The Morgan fingerprint density at radius 2 is 2.28 bits per heavy atom. The first-order valence-corrected chi connectivity index (χ1v) is 7.45. The average molecular weight is 338 g/mol. The van der Waals surface area contributed by atoms with Crippen molar-refractivity contribution in [2.75, 3.05) is 6.54 Å². The smallest absolute Gasteiger partial charge is 0.287 e. The molecule has 3 aromatic rings. The van der Waals surface area contributed by atoms with Crippen LogP contribution in [0.25, 0.3) is 22.6 Å². The molecule has 0 saturated carbocycles. The van der Waals surface area contributed by atoms with Crippen LogP contribution in [0.3, 0.4) is 0 Å². The van der Waals surface area contributed by atoms with E-state index in [-0.39, 0.29) is 24.6 Å². The zero-order chi connectivity index (χ0) is 18.0. The van der Waals surface area contributed by atoms with Gasteiger partial charge in [-0.25, -0.2) is 4.98 Å². The predicted octanol–water partition coefficient (Wildman–Crippen LogP) is 2.12. The summed E-state index contributed by atoms with van der Waals surface area (Å²) in [4.78, 5) is 30.0. The zero-order valence-electron chi connectivity index (χ0n) is 13.3. The molecule has 0 atom stereocenters. The van der Waals surface area contributed by atoms with Gasteiger partial charge in [0.25, 0.3) is 11.6 Å². The number of nitriles is 1. The molecule has 0 unspecified atom stereocenters. The number of nitrogens with one attached hydrogen (secondary N) is 2. The number of aromatic amines is 1. The van der Waals surface area contributed by atoms with Crippen molar-refractivity contribution in [3.63, 3.8) is 0 Å². The number of hydrogen-bond acceptors (Lipinski definition) is 5. The largest absolute Gasteiger partial charge is 0.351 e. The van der Waals surface area contributed by atoms with Gasteiger partial charge in [-0.05, 0) is 18.2 Å². The van der Waals surface area contributed by atoms with Crippen LogP contribution in [0.5, 0.6) is 0 Å². The molecule has 9 heteroatoms. The third-order valence-corrected chi connectivity index (χ3v) is 3.71. The number of carbonyl (C=O) groups is 1. The Labute approximate surface area is 142 Å². The number of fused-ring (bicyclic) bond motifs is 1. The summed E-state index contributed by atoms with van der Waals surface area (Å²) in [6.45, 7) is 0.286. The van der Waals surface area contributed by atoms with Gasteiger partial charge in [-0.1, -0.05) is 0 Å². The van der Waals surface area contributed by atoms with E-state index in [9.17, 15) is 14.9 Å². The number of H-pyrrole nitrogens is 1. The summed E-state index contributed by atoms with van der Waals surface area (Å²) in [6, 6.07) is 8.40. The van der Waals surface area contributed by atoms with Crippen molar-refractivity contribution in [2.24, 2.45) is 7.05 Å². The van der Waals surface area contributed by atoms with E-state index in [2.05, 4.69) is 15.3 Å². The number of nitrogens with zero attached hydrogens (tertiary/aromatic N) is 4. The molecule has 126 valence electrons. The molecule has 2 heterocycles. The van der Waals surface area contributed by atoms with Gasteiger partial charge in [0, 0.05) is 25.2 Å². The maximum absolute atomic E-state index is 12.0. The van der Waals surface area contributed by atoms with E-state index >= 15 is 0 Å². The highest BCUT2D eigenvalue weighted by atomic mass is 16.6. The highest BCUT2D eigenvalue weighted by Crippen LogP contribution is 2.25. The number of benzene rings is 1. The molecule has 0 bridgehead atoms. The minimum Gasteiger partial charge on any atom is -0.351 e. The summed E-state index contributed by atoms with van der Waals surface area (Å²) >= 11 is 0. The van der Waals surface area contributed by atoms with Crippen molar-refractivity contribution in [1.29, 1.82) is 5.26 Å². The summed E-state index contributed by atoms with van der Waals surface area (Å²) in [5.74, 6) is 0.204. The molecule has 3 rings (SSSR count). The fourth-order valence-corrected chi connectivity index (χ4v) is 2.49. The molecule has 0 aliphatic carbocycles. The molecule has 9 nitrogen and oxygen atoms in total. The molecular weight excluding hydrogens is 324 g/mol. The minimum atomic E-state index is -0.462. The van der Waals surface area contributed by atoms with E-state index < -0.39 is 4.92 Å². The third kappa shape index (κ3) is 3.18. The predicted molar refractivity (Wildman–Crippen MR) is 89.7 cm³/mol. The molecule has 0 saturated heterocycles. The number of hydrogen-bond donors (Lipinski definition) is 2. The number of carbonyl (C=O) groups excluding carboxylic acids is 1. The first-order chi connectivity index (χ1) is 12.0. The van der Waals surface area contributed by atoms with Crippen LogP contribution in [0.15, 0.2) is 30.5 Å².